The van der Waals surface area contributed by atoms with Gasteiger partial charge in [0, 0.05) is 12.8 Å². The molecule has 1 unspecified atom stereocenters. The first kappa shape index (κ1) is 45.4. The quantitative estimate of drug-likeness (QED) is 0.0407. The smallest absolute Gasteiger partial charge is 0.305 e. The van der Waals surface area contributed by atoms with E-state index in [0.29, 0.717) is 12.8 Å². The lowest BCUT2D eigenvalue weighted by molar-refractivity contribution is -0.152. The van der Waals surface area contributed by atoms with Crippen LogP contribution in [0.1, 0.15) is 213 Å². The van der Waals surface area contributed by atoms with Crippen molar-refractivity contribution in [2.75, 3.05) is 13.2 Å². The van der Waals surface area contributed by atoms with E-state index in [9.17, 15) is 14.7 Å². The van der Waals surface area contributed by atoms with Gasteiger partial charge in [0.1, 0.15) is 19.3 Å². The summed E-state index contributed by atoms with van der Waals surface area (Å²) in [6, 6.07) is 0. The number of aliphatic hydroxyl groups is 1. The summed E-state index contributed by atoms with van der Waals surface area (Å²) in [6.45, 7) is 4.29. The second-order valence-electron chi connectivity index (χ2n) is 13.8. The number of allylic oxidation sites excluding steroid dienone is 4. The number of esters is 2. The molecule has 0 spiro atoms. The number of hydrogen-bond donors (Lipinski definition) is 1. The van der Waals surface area contributed by atoms with Crippen LogP contribution in [0.25, 0.3) is 0 Å². The van der Waals surface area contributed by atoms with Crippen molar-refractivity contribution in [3.8, 4) is 0 Å². The minimum Gasteiger partial charge on any atom is -0.463 e. The van der Waals surface area contributed by atoms with Crippen molar-refractivity contribution in [3.05, 3.63) is 24.3 Å². The molecule has 0 radical (unpaired) electrons. The molecule has 0 aliphatic heterocycles. The van der Waals surface area contributed by atoms with Crippen LogP contribution in [0.5, 0.6) is 0 Å². The summed E-state index contributed by atoms with van der Waals surface area (Å²) >= 11 is 0. The van der Waals surface area contributed by atoms with Crippen molar-refractivity contribution >= 4 is 11.9 Å². The van der Waals surface area contributed by atoms with E-state index in [1.54, 1.807) is 0 Å². The van der Waals surface area contributed by atoms with Crippen molar-refractivity contribution in [1.29, 1.82) is 0 Å². The van der Waals surface area contributed by atoms with Crippen molar-refractivity contribution in [2.24, 2.45) is 0 Å². The molecule has 5 nitrogen and oxygen atoms in total. The Hall–Kier alpha value is -1.62. The largest absolute Gasteiger partial charge is 0.463 e. The molecule has 1 atom stereocenters. The van der Waals surface area contributed by atoms with Gasteiger partial charge in [0.2, 0.25) is 0 Å². The van der Waals surface area contributed by atoms with Crippen LogP contribution in [0.2, 0.25) is 0 Å². The van der Waals surface area contributed by atoms with Gasteiger partial charge in [-0.15, -0.1) is 0 Å². The fraction of sp³-hybridized carbons (Fsp3) is 0.857. The van der Waals surface area contributed by atoms with E-state index in [1.807, 2.05) is 0 Å². The molecule has 0 aromatic rings. The van der Waals surface area contributed by atoms with Gasteiger partial charge in [-0.2, -0.15) is 0 Å². The van der Waals surface area contributed by atoms with Gasteiger partial charge < -0.3 is 14.6 Å². The molecule has 0 saturated carbocycles. The summed E-state index contributed by atoms with van der Waals surface area (Å²) in [5.41, 5.74) is 0. The highest BCUT2D eigenvalue weighted by Gasteiger charge is 2.12. The molecule has 0 fully saturated rings. The Kier molecular flexibility index (Phi) is 37.5. The molecule has 0 aromatic heterocycles. The van der Waals surface area contributed by atoms with E-state index in [2.05, 4.69) is 38.2 Å². The van der Waals surface area contributed by atoms with Crippen LogP contribution >= 0.6 is 0 Å². The third-order valence-corrected chi connectivity index (χ3v) is 8.94. The van der Waals surface area contributed by atoms with Gasteiger partial charge in [-0.05, 0) is 44.9 Å². The maximum atomic E-state index is 12.0. The van der Waals surface area contributed by atoms with Crippen LogP contribution in [0.4, 0.5) is 0 Å². The molecule has 1 N–H and O–H groups in total. The van der Waals surface area contributed by atoms with E-state index in [-0.39, 0.29) is 25.2 Å². The van der Waals surface area contributed by atoms with Crippen LogP contribution in [0.3, 0.4) is 0 Å². The van der Waals surface area contributed by atoms with Gasteiger partial charge in [-0.25, -0.2) is 0 Å². The fourth-order valence-corrected chi connectivity index (χ4v) is 5.82. The second kappa shape index (κ2) is 38.8. The Balaban J connectivity index is 3.41. The van der Waals surface area contributed by atoms with Crippen LogP contribution in [-0.4, -0.2) is 36.4 Å². The number of rotatable bonds is 37. The predicted octanol–water partition coefficient (Wildman–Crippen LogP) is 12.7. The summed E-state index contributed by atoms with van der Waals surface area (Å²) in [7, 11) is 0. The van der Waals surface area contributed by atoms with Gasteiger partial charge in [-0.3, -0.25) is 9.59 Å². The number of unbranched alkanes of at least 4 members (excludes halogenated alkanes) is 25. The maximum Gasteiger partial charge on any atom is 0.305 e. The van der Waals surface area contributed by atoms with Crippen molar-refractivity contribution in [2.45, 2.75) is 219 Å². The zero-order valence-corrected chi connectivity index (χ0v) is 31.3. The van der Waals surface area contributed by atoms with Gasteiger partial charge >= 0.3 is 11.9 Å². The van der Waals surface area contributed by atoms with Crippen molar-refractivity contribution in [1.82, 2.24) is 0 Å². The highest BCUT2D eigenvalue weighted by molar-refractivity contribution is 5.69. The highest BCUT2D eigenvalue weighted by atomic mass is 16.6. The number of carbonyl (C=O) groups is 2. The standard InChI is InChI=1S/C42H78O5/c1-3-5-7-9-11-13-15-17-19-20-21-23-25-27-29-31-33-35-37-42(45)47-39-40(43)38-46-41(44)36-34-32-30-28-26-24-22-18-16-14-12-10-8-6-4-2/h11,13,17,19,40,43H,3-10,12,14-16,18,20-39H2,1-2H3/b13-11-,19-17-. The lowest BCUT2D eigenvalue weighted by Gasteiger charge is -2.12. The molecular weight excluding hydrogens is 584 g/mol. The van der Waals surface area contributed by atoms with E-state index in [0.717, 1.165) is 38.5 Å². The molecule has 0 aromatic carbocycles. The average molecular weight is 663 g/mol. The summed E-state index contributed by atoms with van der Waals surface area (Å²) in [5.74, 6) is -0.563. The zero-order chi connectivity index (χ0) is 34.3. The van der Waals surface area contributed by atoms with E-state index < -0.39 is 6.10 Å². The topological polar surface area (TPSA) is 72.8 Å². The molecule has 0 amide bonds. The zero-order valence-electron chi connectivity index (χ0n) is 31.3. The molecule has 0 aliphatic rings. The third-order valence-electron chi connectivity index (χ3n) is 8.94. The molecule has 276 valence electrons. The van der Waals surface area contributed by atoms with Crippen LogP contribution in [0, 0.1) is 0 Å². The lowest BCUT2D eigenvalue weighted by atomic mass is 10.0. The monoisotopic (exact) mass is 663 g/mol. The normalized spacial score (nSPS) is 12.3. The first-order chi connectivity index (χ1) is 23.1. The van der Waals surface area contributed by atoms with E-state index >= 15 is 0 Å². The molecular formula is C42H78O5. The fourth-order valence-electron chi connectivity index (χ4n) is 5.82. The summed E-state index contributed by atoms with van der Waals surface area (Å²) in [4.78, 5) is 23.9. The highest BCUT2D eigenvalue weighted by Crippen LogP contribution is 2.14. The Morgan fingerprint density at radius 1 is 0.447 bits per heavy atom. The van der Waals surface area contributed by atoms with Gasteiger partial charge in [-0.1, -0.05) is 179 Å². The molecule has 47 heavy (non-hydrogen) atoms. The van der Waals surface area contributed by atoms with Gasteiger partial charge in [0.05, 0.1) is 0 Å². The maximum absolute atomic E-state index is 12.0. The molecule has 0 rings (SSSR count). The van der Waals surface area contributed by atoms with Crippen LogP contribution in [0.15, 0.2) is 24.3 Å². The second-order valence-corrected chi connectivity index (χ2v) is 13.8. The molecule has 5 heteroatoms. The molecule has 0 heterocycles. The average Bonchev–Trinajstić information content (AvgIpc) is 3.07. The lowest BCUT2D eigenvalue weighted by Crippen LogP contribution is -2.25. The Labute approximate surface area is 292 Å². The van der Waals surface area contributed by atoms with Crippen molar-refractivity contribution in [3.63, 3.8) is 0 Å². The Morgan fingerprint density at radius 2 is 0.745 bits per heavy atom. The van der Waals surface area contributed by atoms with Crippen LogP contribution < -0.4 is 0 Å². The number of carbonyl (C=O) groups excluding carboxylic acids is 2. The van der Waals surface area contributed by atoms with Crippen LogP contribution in [-0.2, 0) is 19.1 Å². The summed E-state index contributed by atoms with van der Waals surface area (Å²) in [5, 5.41) is 10.0. The summed E-state index contributed by atoms with van der Waals surface area (Å²) in [6.07, 6.45) is 45.1. The number of ether oxygens (including phenoxy) is 2. The van der Waals surface area contributed by atoms with Gasteiger partial charge in [0.25, 0.3) is 0 Å². The van der Waals surface area contributed by atoms with Crippen molar-refractivity contribution < 1.29 is 24.2 Å². The third kappa shape index (κ3) is 38.7. The number of aliphatic hydroxyl groups excluding tert-OH is 1. The van der Waals surface area contributed by atoms with E-state index in [1.165, 1.54) is 148 Å². The Bertz CT molecular complexity index is 716. The predicted molar refractivity (Wildman–Crippen MR) is 201 cm³/mol. The van der Waals surface area contributed by atoms with E-state index in [4.69, 9.17) is 9.47 Å². The molecule has 0 aliphatic carbocycles. The first-order valence-corrected chi connectivity index (χ1v) is 20.4. The van der Waals surface area contributed by atoms with Gasteiger partial charge in [0.15, 0.2) is 0 Å². The minimum absolute atomic E-state index is 0.113. The Morgan fingerprint density at radius 3 is 1.13 bits per heavy atom. The first-order valence-electron chi connectivity index (χ1n) is 20.4. The number of hydrogen-bond acceptors (Lipinski definition) is 5. The SMILES string of the molecule is CCCCC/C=C\C/C=C\CCCCCCCCCCC(=O)OCC(O)COC(=O)CCCCCCCCCCCCCCCCC. The minimum atomic E-state index is -0.961. The summed E-state index contributed by atoms with van der Waals surface area (Å²) < 4.78 is 10.3. The molecule has 0 saturated heterocycles. The molecule has 0 bridgehead atoms.